The smallest absolute Gasteiger partial charge is 0.302 e. The van der Waals surface area contributed by atoms with Crippen LogP contribution in [-0.2, 0) is 11.9 Å². The summed E-state index contributed by atoms with van der Waals surface area (Å²) >= 11 is 0. The van der Waals surface area contributed by atoms with Gasteiger partial charge in [-0.05, 0) is 6.07 Å². The Hall–Kier alpha value is -1.36. The lowest BCUT2D eigenvalue weighted by Gasteiger charge is -2.00. The Kier molecular flexibility index (Phi) is 2.22. The van der Waals surface area contributed by atoms with Gasteiger partial charge < -0.3 is 4.57 Å². The van der Waals surface area contributed by atoms with Gasteiger partial charge in [0, 0.05) is 13.2 Å². The van der Waals surface area contributed by atoms with Crippen molar-refractivity contribution in [2.45, 2.75) is 0 Å². The standard InChI is InChI=1S/C6H9N3O2/c1-9-4-3-5(8-11-2)7-6(9)10/h3-4H,1-2H3,(H,7,8,10). The van der Waals surface area contributed by atoms with E-state index >= 15 is 0 Å². The monoisotopic (exact) mass is 155 g/mol. The van der Waals surface area contributed by atoms with Crippen molar-refractivity contribution >= 4 is 5.82 Å². The van der Waals surface area contributed by atoms with Crippen LogP contribution in [0.1, 0.15) is 0 Å². The fourth-order valence-electron chi connectivity index (χ4n) is 0.627. The van der Waals surface area contributed by atoms with Crippen LogP contribution in [0, 0.1) is 0 Å². The molecule has 1 heterocycles. The Bertz CT molecular complexity index is 294. The molecule has 1 aromatic rings. The van der Waals surface area contributed by atoms with E-state index in [2.05, 4.69) is 15.3 Å². The minimum Gasteiger partial charge on any atom is -0.302 e. The molecule has 0 atom stereocenters. The van der Waals surface area contributed by atoms with Crippen LogP contribution < -0.4 is 11.2 Å². The molecular weight excluding hydrogens is 146 g/mol. The highest BCUT2D eigenvalue weighted by Gasteiger charge is 1.93. The van der Waals surface area contributed by atoms with Crippen LogP contribution >= 0.6 is 0 Å². The highest BCUT2D eigenvalue weighted by atomic mass is 16.6. The molecule has 60 valence electrons. The SMILES string of the molecule is CONc1ccn(C)c(=O)n1. The second-order valence-electron chi connectivity index (χ2n) is 2.01. The van der Waals surface area contributed by atoms with Crippen molar-refractivity contribution in [1.29, 1.82) is 0 Å². The van der Waals surface area contributed by atoms with Gasteiger partial charge in [0.2, 0.25) is 0 Å². The first-order valence-corrected chi connectivity index (χ1v) is 3.06. The molecular formula is C6H9N3O2. The number of aryl methyl sites for hydroxylation is 1. The van der Waals surface area contributed by atoms with Gasteiger partial charge in [-0.15, -0.1) is 0 Å². The Labute approximate surface area is 63.6 Å². The largest absolute Gasteiger partial charge is 0.349 e. The summed E-state index contributed by atoms with van der Waals surface area (Å²) in [5.41, 5.74) is 2.14. The Morgan fingerprint density at radius 2 is 2.45 bits per heavy atom. The lowest BCUT2D eigenvalue weighted by Crippen LogP contribution is -2.20. The van der Waals surface area contributed by atoms with Crippen molar-refractivity contribution < 1.29 is 4.84 Å². The van der Waals surface area contributed by atoms with Crippen LogP contribution in [0.3, 0.4) is 0 Å². The molecule has 0 bridgehead atoms. The summed E-state index contributed by atoms with van der Waals surface area (Å²) in [5, 5.41) is 0. The van der Waals surface area contributed by atoms with E-state index in [0.717, 1.165) is 0 Å². The molecule has 0 radical (unpaired) electrons. The van der Waals surface area contributed by atoms with E-state index in [1.807, 2.05) is 0 Å². The molecule has 5 nitrogen and oxygen atoms in total. The molecule has 1 aromatic heterocycles. The van der Waals surface area contributed by atoms with E-state index < -0.39 is 0 Å². The zero-order valence-electron chi connectivity index (χ0n) is 6.37. The van der Waals surface area contributed by atoms with E-state index in [4.69, 9.17) is 0 Å². The van der Waals surface area contributed by atoms with Crippen molar-refractivity contribution in [2.75, 3.05) is 12.6 Å². The first-order valence-electron chi connectivity index (χ1n) is 3.06. The third-order valence-electron chi connectivity index (χ3n) is 1.18. The summed E-state index contributed by atoms with van der Waals surface area (Å²) in [6.45, 7) is 0. The molecule has 0 fully saturated rings. The third kappa shape index (κ3) is 1.78. The lowest BCUT2D eigenvalue weighted by molar-refractivity contribution is 0.268. The molecule has 0 aliphatic heterocycles. The van der Waals surface area contributed by atoms with Gasteiger partial charge in [0.1, 0.15) is 0 Å². The zero-order valence-corrected chi connectivity index (χ0v) is 6.37. The fraction of sp³-hybridized carbons (Fsp3) is 0.333. The third-order valence-corrected chi connectivity index (χ3v) is 1.18. The average Bonchev–Trinajstić information content (AvgIpc) is 1.98. The van der Waals surface area contributed by atoms with E-state index in [1.165, 1.54) is 11.7 Å². The number of nitrogens with zero attached hydrogens (tertiary/aromatic N) is 2. The molecule has 0 unspecified atom stereocenters. The topological polar surface area (TPSA) is 56.1 Å². The van der Waals surface area contributed by atoms with Crippen molar-refractivity contribution in [3.8, 4) is 0 Å². The second-order valence-corrected chi connectivity index (χ2v) is 2.01. The number of rotatable bonds is 2. The van der Waals surface area contributed by atoms with Crippen LogP contribution in [0.15, 0.2) is 17.1 Å². The van der Waals surface area contributed by atoms with E-state index in [-0.39, 0.29) is 5.69 Å². The molecule has 0 saturated heterocycles. The van der Waals surface area contributed by atoms with E-state index in [9.17, 15) is 4.79 Å². The van der Waals surface area contributed by atoms with E-state index in [1.54, 1.807) is 19.3 Å². The number of hydrogen-bond acceptors (Lipinski definition) is 4. The molecule has 1 N–H and O–H groups in total. The van der Waals surface area contributed by atoms with Crippen molar-refractivity contribution in [3.63, 3.8) is 0 Å². The molecule has 0 amide bonds. The summed E-state index contributed by atoms with van der Waals surface area (Å²) in [5.74, 6) is 0.413. The van der Waals surface area contributed by atoms with Gasteiger partial charge >= 0.3 is 5.69 Å². The van der Waals surface area contributed by atoms with Gasteiger partial charge in [-0.3, -0.25) is 4.84 Å². The van der Waals surface area contributed by atoms with Gasteiger partial charge in [-0.2, -0.15) is 4.98 Å². The highest BCUT2D eigenvalue weighted by Crippen LogP contribution is 1.94. The van der Waals surface area contributed by atoms with Gasteiger partial charge in [0.25, 0.3) is 0 Å². The van der Waals surface area contributed by atoms with Crippen molar-refractivity contribution in [1.82, 2.24) is 9.55 Å². The number of anilines is 1. The Balaban J connectivity index is 2.96. The minimum atomic E-state index is -0.313. The number of nitrogens with one attached hydrogen (secondary N) is 1. The Morgan fingerprint density at radius 3 is 3.00 bits per heavy atom. The van der Waals surface area contributed by atoms with Crippen LogP contribution in [-0.4, -0.2) is 16.7 Å². The maximum Gasteiger partial charge on any atom is 0.349 e. The predicted molar refractivity (Wildman–Crippen MR) is 40.1 cm³/mol. The molecule has 0 aromatic carbocycles. The quantitative estimate of drug-likeness (QED) is 0.598. The first kappa shape index (κ1) is 7.74. The second kappa shape index (κ2) is 3.16. The van der Waals surface area contributed by atoms with Crippen molar-refractivity contribution in [3.05, 3.63) is 22.7 Å². The maximum absolute atomic E-state index is 10.9. The zero-order chi connectivity index (χ0) is 8.27. The molecule has 0 spiro atoms. The fourth-order valence-corrected chi connectivity index (χ4v) is 0.627. The lowest BCUT2D eigenvalue weighted by atomic mass is 10.6. The summed E-state index contributed by atoms with van der Waals surface area (Å²) in [6.07, 6.45) is 1.61. The highest BCUT2D eigenvalue weighted by molar-refractivity contribution is 5.28. The minimum absolute atomic E-state index is 0.313. The van der Waals surface area contributed by atoms with Gasteiger partial charge in [0.05, 0.1) is 7.11 Å². The van der Waals surface area contributed by atoms with Crippen LogP contribution in [0.25, 0.3) is 0 Å². The van der Waals surface area contributed by atoms with E-state index in [0.29, 0.717) is 5.82 Å². The molecule has 0 saturated carbocycles. The van der Waals surface area contributed by atoms with Crippen LogP contribution in [0.4, 0.5) is 5.82 Å². The predicted octanol–water partition coefficient (Wildman–Crippen LogP) is -0.246. The average molecular weight is 155 g/mol. The molecule has 11 heavy (non-hydrogen) atoms. The summed E-state index contributed by atoms with van der Waals surface area (Å²) in [4.78, 5) is 19.1. The summed E-state index contributed by atoms with van der Waals surface area (Å²) < 4.78 is 1.38. The first-order chi connectivity index (χ1) is 5.24. The maximum atomic E-state index is 10.9. The molecule has 0 aliphatic carbocycles. The van der Waals surface area contributed by atoms with Gasteiger partial charge in [0.15, 0.2) is 5.82 Å². The van der Waals surface area contributed by atoms with Gasteiger partial charge in [-0.25, -0.2) is 10.3 Å². The van der Waals surface area contributed by atoms with Crippen LogP contribution in [0.2, 0.25) is 0 Å². The Morgan fingerprint density at radius 1 is 1.73 bits per heavy atom. The normalized spacial score (nSPS) is 9.64. The molecule has 0 aliphatic rings. The summed E-state index contributed by atoms with van der Waals surface area (Å²) in [6, 6.07) is 1.64. The summed E-state index contributed by atoms with van der Waals surface area (Å²) in [7, 11) is 3.09. The molecule has 1 rings (SSSR count). The number of hydrogen-bond donors (Lipinski definition) is 1. The molecule has 5 heteroatoms. The van der Waals surface area contributed by atoms with Gasteiger partial charge in [-0.1, -0.05) is 0 Å². The number of aromatic nitrogens is 2. The van der Waals surface area contributed by atoms with Crippen molar-refractivity contribution in [2.24, 2.45) is 7.05 Å². The van der Waals surface area contributed by atoms with Crippen LogP contribution in [0.5, 0.6) is 0 Å².